The minimum Gasteiger partial charge on any atom is -0.478 e. The lowest BCUT2D eigenvalue weighted by Gasteiger charge is -2.09. The van der Waals surface area contributed by atoms with E-state index in [1.54, 1.807) is 48.5 Å². The molecule has 6 heteroatoms. The summed E-state index contributed by atoms with van der Waals surface area (Å²) in [6.07, 6.45) is 1.56. The van der Waals surface area contributed by atoms with E-state index in [1.165, 1.54) is 6.07 Å². The molecule has 0 aliphatic heterocycles. The topological polar surface area (TPSA) is 103 Å². The summed E-state index contributed by atoms with van der Waals surface area (Å²) >= 11 is 0. The van der Waals surface area contributed by atoms with Gasteiger partial charge in [0.2, 0.25) is 0 Å². The third kappa shape index (κ3) is 4.99. The quantitative estimate of drug-likeness (QED) is 0.249. The Bertz CT molecular complexity index is 1470. The second-order valence-corrected chi connectivity index (χ2v) is 8.55. The van der Waals surface area contributed by atoms with Crippen LogP contribution < -0.4 is 5.32 Å². The first-order valence-electron chi connectivity index (χ1n) is 11.2. The van der Waals surface area contributed by atoms with Crippen LogP contribution in [0.25, 0.3) is 33.9 Å². The molecule has 1 aromatic heterocycles. The third-order valence-corrected chi connectivity index (χ3v) is 5.56. The summed E-state index contributed by atoms with van der Waals surface area (Å²) in [6.45, 7) is 4.61. The number of carbonyl (C=O) groups is 2. The number of fused-ring (bicyclic) bond motifs is 1. The Balaban J connectivity index is 1.73. The number of aromatic carboxylic acids is 1. The van der Waals surface area contributed by atoms with Crippen LogP contribution in [0, 0.1) is 17.2 Å². The number of amides is 1. The van der Waals surface area contributed by atoms with Gasteiger partial charge in [0.15, 0.2) is 0 Å². The maximum atomic E-state index is 13.1. The zero-order valence-electron chi connectivity index (χ0n) is 19.4. The number of nitrogens with one attached hydrogen (secondary N) is 1. The van der Waals surface area contributed by atoms with Crippen LogP contribution in [0.4, 0.5) is 0 Å². The van der Waals surface area contributed by atoms with Gasteiger partial charge in [0, 0.05) is 17.5 Å². The predicted molar refractivity (Wildman–Crippen MR) is 136 cm³/mol. The summed E-state index contributed by atoms with van der Waals surface area (Å²) in [7, 11) is 0. The Morgan fingerprint density at radius 1 is 1.03 bits per heavy atom. The number of rotatable bonds is 7. The van der Waals surface area contributed by atoms with E-state index in [9.17, 15) is 20.0 Å². The first kappa shape index (κ1) is 23.5. The molecule has 6 nitrogen and oxygen atoms in total. The molecule has 1 heterocycles. The molecule has 174 valence electrons. The fourth-order valence-electron chi connectivity index (χ4n) is 3.81. The van der Waals surface area contributed by atoms with Gasteiger partial charge in [-0.05, 0) is 35.3 Å². The van der Waals surface area contributed by atoms with Crippen LogP contribution in [-0.2, 0) is 0 Å². The van der Waals surface area contributed by atoms with Crippen LogP contribution >= 0.6 is 0 Å². The third-order valence-electron chi connectivity index (χ3n) is 5.56. The zero-order chi connectivity index (χ0) is 24.9. The number of benzene rings is 3. The molecule has 0 spiro atoms. The smallest absolute Gasteiger partial charge is 0.336 e. The highest BCUT2D eigenvalue weighted by Gasteiger charge is 2.22. The van der Waals surface area contributed by atoms with Gasteiger partial charge in [-0.2, -0.15) is 5.26 Å². The SMILES string of the molecule is CC(C)CNC(=O)c1c(-c2ccc(/C(C#N)=C/c3ccccc3C(=O)O)cc2)oc2ccccc12. The minimum absolute atomic E-state index is 0.121. The molecule has 0 aliphatic rings. The summed E-state index contributed by atoms with van der Waals surface area (Å²) in [4.78, 5) is 24.6. The Hall–Kier alpha value is -4.63. The van der Waals surface area contributed by atoms with Gasteiger partial charge in [-0.1, -0.05) is 74.5 Å². The van der Waals surface area contributed by atoms with Crippen LogP contribution in [0.1, 0.15) is 45.7 Å². The highest BCUT2D eigenvalue weighted by molar-refractivity contribution is 6.11. The van der Waals surface area contributed by atoms with Crippen molar-refractivity contribution >= 4 is 34.5 Å². The molecule has 1 amide bonds. The van der Waals surface area contributed by atoms with E-state index in [2.05, 4.69) is 11.4 Å². The number of hydrogen-bond donors (Lipinski definition) is 2. The summed E-state index contributed by atoms with van der Waals surface area (Å²) in [5.41, 5.74) is 3.30. The lowest BCUT2D eigenvalue weighted by Crippen LogP contribution is -2.27. The first-order valence-corrected chi connectivity index (χ1v) is 11.2. The molecule has 4 rings (SSSR count). The van der Waals surface area contributed by atoms with Gasteiger partial charge in [-0.3, -0.25) is 4.79 Å². The van der Waals surface area contributed by atoms with Gasteiger partial charge in [0.25, 0.3) is 5.91 Å². The summed E-state index contributed by atoms with van der Waals surface area (Å²) in [5.74, 6) is -0.497. The van der Waals surface area contributed by atoms with Crippen molar-refractivity contribution in [3.63, 3.8) is 0 Å². The monoisotopic (exact) mass is 464 g/mol. The van der Waals surface area contributed by atoms with Crippen molar-refractivity contribution in [1.29, 1.82) is 5.26 Å². The molecular formula is C29H24N2O4. The van der Waals surface area contributed by atoms with Gasteiger partial charge in [-0.25, -0.2) is 4.79 Å². The molecule has 0 saturated heterocycles. The van der Waals surface area contributed by atoms with E-state index in [0.717, 1.165) is 5.39 Å². The zero-order valence-corrected chi connectivity index (χ0v) is 19.4. The molecule has 0 bridgehead atoms. The number of hydrogen-bond acceptors (Lipinski definition) is 4. The highest BCUT2D eigenvalue weighted by atomic mass is 16.4. The number of carboxylic acid groups (broad SMARTS) is 1. The Morgan fingerprint density at radius 3 is 2.40 bits per heavy atom. The first-order chi connectivity index (χ1) is 16.9. The number of carboxylic acids is 1. The Labute approximate surface area is 203 Å². The second-order valence-electron chi connectivity index (χ2n) is 8.55. The van der Waals surface area contributed by atoms with Gasteiger partial charge in [-0.15, -0.1) is 0 Å². The molecule has 0 saturated carbocycles. The number of nitriles is 1. The van der Waals surface area contributed by atoms with E-state index in [0.29, 0.717) is 51.6 Å². The highest BCUT2D eigenvalue weighted by Crippen LogP contribution is 2.34. The Morgan fingerprint density at radius 2 is 1.71 bits per heavy atom. The molecule has 0 atom stereocenters. The van der Waals surface area contributed by atoms with Crippen LogP contribution in [0.3, 0.4) is 0 Å². The van der Waals surface area contributed by atoms with Gasteiger partial charge in [0.05, 0.1) is 22.8 Å². The molecule has 0 aliphatic carbocycles. The standard InChI is InChI=1S/C29H24N2O4/c1-18(2)17-31-28(32)26-24-9-5-6-10-25(24)35-27(26)20-13-11-19(12-14-20)22(16-30)15-21-7-3-4-8-23(21)29(33)34/h3-15,18H,17H2,1-2H3,(H,31,32)(H,33,34)/b22-15+. The predicted octanol–water partition coefficient (Wildman–Crippen LogP) is 6.25. The van der Waals surface area contributed by atoms with Crippen molar-refractivity contribution in [3.05, 3.63) is 95.1 Å². The summed E-state index contributed by atoms with van der Waals surface area (Å²) in [6, 6.07) is 23.2. The molecule has 0 radical (unpaired) electrons. The van der Waals surface area contributed by atoms with E-state index in [4.69, 9.17) is 4.42 Å². The van der Waals surface area contributed by atoms with E-state index >= 15 is 0 Å². The Kier molecular flexibility index (Phi) is 6.79. The van der Waals surface area contributed by atoms with Crippen molar-refractivity contribution in [2.75, 3.05) is 6.54 Å². The second kappa shape index (κ2) is 10.1. The number of allylic oxidation sites excluding steroid dienone is 1. The summed E-state index contributed by atoms with van der Waals surface area (Å²) in [5, 5.41) is 22.9. The van der Waals surface area contributed by atoms with Crippen molar-refractivity contribution in [3.8, 4) is 17.4 Å². The van der Waals surface area contributed by atoms with Crippen LogP contribution in [-0.4, -0.2) is 23.5 Å². The number of carbonyl (C=O) groups excluding carboxylic acids is 1. The fourth-order valence-corrected chi connectivity index (χ4v) is 3.81. The number of nitrogens with zero attached hydrogens (tertiary/aromatic N) is 1. The molecule has 35 heavy (non-hydrogen) atoms. The molecule has 3 aromatic carbocycles. The maximum Gasteiger partial charge on any atom is 0.336 e. The minimum atomic E-state index is -1.06. The van der Waals surface area contributed by atoms with Crippen molar-refractivity contribution < 1.29 is 19.1 Å². The van der Waals surface area contributed by atoms with Crippen molar-refractivity contribution in [2.45, 2.75) is 13.8 Å². The number of furan rings is 1. The van der Waals surface area contributed by atoms with Crippen LogP contribution in [0.2, 0.25) is 0 Å². The molecule has 4 aromatic rings. The maximum absolute atomic E-state index is 13.1. The van der Waals surface area contributed by atoms with E-state index in [1.807, 2.05) is 38.1 Å². The molecule has 2 N–H and O–H groups in total. The van der Waals surface area contributed by atoms with Crippen LogP contribution in [0.5, 0.6) is 0 Å². The van der Waals surface area contributed by atoms with E-state index < -0.39 is 5.97 Å². The van der Waals surface area contributed by atoms with Gasteiger partial charge in [0.1, 0.15) is 11.3 Å². The molecule has 0 unspecified atom stereocenters. The molecular weight excluding hydrogens is 440 g/mol. The van der Waals surface area contributed by atoms with Crippen molar-refractivity contribution in [2.24, 2.45) is 5.92 Å². The number of para-hydroxylation sites is 1. The summed E-state index contributed by atoms with van der Waals surface area (Å²) < 4.78 is 6.07. The lowest BCUT2D eigenvalue weighted by atomic mass is 9.98. The van der Waals surface area contributed by atoms with E-state index in [-0.39, 0.29) is 11.5 Å². The van der Waals surface area contributed by atoms with Gasteiger partial charge < -0.3 is 14.8 Å². The average Bonchev–Trinajstić information content (AvgIpc) is 3.26. The van der Waals surface area contributed by atoms with Crippen LogP contribution in [0.15, 0.2) is 77.2 Å². The fraction of sp³-hybridized carbons (Fsp3) is 0.138. The largest absolute Gasteiger partial charge is 0.478 e. The average molecular weight is 465 g/mol. The normalized spacial score (nSPS) is 11.4. The van der Waals surface area contributed by atoms with Gasteiger partial charge >= 0.3 is 5.97 Å². The van der Waals surface area contributed by atoms with Crippen molar-refractivity contribution in [1.82, 2.24) is 5.32 Å². The molecule has 0 fully saturated rings. The lowest BCUT2D eigenvalue weighted by molar-refractivity contribution is 0.0696.